The Balaban J connectivity index is 2.27. The van der Waals surface area contributed by atoms with Gasteiger partial charge in [0.2, 0.25) is 5.28 Å². The molecule has 3 aromatic heterocycles. The van der Waals surface area contributed by atoms with Crippen LogP contribution in [0.4, 0.5) is 0 Å². The minimum absolute atomic E-state index is 0.245. The van der Waals surface area contributed by atoms with Gasteiger partial charge in [-0.2, -0.15) is 4.98 Å². The highest BCUT2D eigenvalue weighted by Gasteiger charge is 2.05. The molecule has 0 aliphatic rings. The van der Waals surface area contributed by atoms with Crippen molar-refractivity contribution in [3.05, 3.63) is 47.8 Å². The highest BCUT2D eigenvalue weighted by Crippen LogP contribution is 2.19. The molecule has 84 valence electrons. The van der Waals surface area contributed by atoms with Gasteiger partial charge in [-0.05, 0) is 36.7 Å². The molecule has 0 atom stereocenters. The van der Waals surface area contributed by atoms with Crippen LogP contribution in [0.25, 0.3) is 16.7 Å². The lowest BCUT2D eigenvalue weighted by Crippen LogP contribution is -1.97. The van der Waals surface area contributed by atoms with Crippen LogP contribution < -0.4 is 0 Å². The van der Waals surface area contributed by atoms with E-state index in [0.29, 0.717) is 0 Å². The summed E-state index contributed by atoms with van der Waals surface area (Å²) in [7, 11) is 0. The second-order valence-corrected chi connectivity index (χ2v) is 4.09. The van der Waals surface area contributed by atoms with E-state index in [0.717, 1.165) is 22.4 Å². The monoisotopic (exact) mass is 244 g/mol. The van der Waals surface area contributed by atoms with Crippen molar-refractivity contribution in [2.24, 2.45) is 0 Å². The molecule has 0 aliphatic carbocycles. The third-order valence-corrected chi connectivity index (χ3v) is 2.75. The highest BCUT2D eigenvalue weighted by atomic mass is 35.5. The van der Waals surface area contributed by atoms with Gasteiger partial charge in [-0.3, -0.25) is 4.98 Å². The summed E-state index contributed by atoms with van der Waals surface area (Å²) in [5, 5.41) is 1.32. The van der Waals surface area contributed by atoms with Gasteiger partial charge in [0.1, 0.15) is 5.82 Å². The molecule has 3 aromatic rings. The third kappa shape index (κ3) is 1.76. The number of hydrogen-bond donors (Lipinski definition) is 0. The van der Waals surface area contributed by atoms with E-state index in [1.807, 2.05) is 42.1 Å². The molecule has 0 unspecified atom stereocenters. The molecule has 0 radical (unpaired) electrons. The average Bonchev–Trinajstić information content (AvgIpc) is 2.71. The first-order valence-corrected chi connectivity index (χ1v) is 5.54. The maximum Gasteiger partial charge on any atom is 0.224 e. The summed E-state index contributed by atoms with van der Waals surface area (Å²) in [6.45, 7) is 1.96. The number of rotatable bonds is 1. The Labute approximate surface area is 103 Å². The van der Waals surface area contributed by atoms with Crippen LogP contribution in [0.2, 0.25) is 5.28 Å². The molecule has 0 bridgehead atoms. The van der Waals surface area contributed by atoms with E-state index in [9.17, 15) is 0 Å². The number of fused-ring (bicyclic) bond motifs is 1. The zero-order valence-electron chi connectivity index (χ0n) is 9.13. The topological polar surface area (TPSA) is 43.6 Å². The van der Waals surface area contributed by atoms with E-state index in [2.05, 4.69) is 15.0 Å². The molecule has 0 saturated heterocycles. The van der Waals surface area contributed by atoms with Gasteiger partial charge in [-0.1, -0.05) is 0 Å². The summed E-state index contributed by atoms with van der Waals surface area (Å²) in [6.07, 6.45) is 5.44. The van der Waals surface area contributed by atoms with Crippen LogP contribution in [-0.2, 0) is 0 Å². The van der Waals surface area contributed by atoms with E-state index in [-0.39, 0.29) is 5.28 Å². The van der Waals surface area contributed by atoms with E-state index in [1.54, 1.807) is 6.20 Å². The average molecular weight is 245 g/mol. The van der Waals surface area contributed by atoms with Crippen molar-refractivity contribution in [3.8, 4) is 5.82 Å². The number of halogens is 1. The van der Waals surface area contributed by atoms with Crippen molar-refractivity contribution < 1.29 is 0 Å². The molecule has 0 aliphatic heterocycles. The summed E-state index contributed by atoms with van der Waals surface area (Å²) in [5.41, 5.74) is 2.03. The summed E-state index contributed by atoms with van der Waals surface area (Å²) in [5.74, 6) is 0.755. The lowest BCUT2D eigenvalue weighted by molar-refractivity contribution is 1.01. The summed E-state index contributed by atoms with van der Waals surface area (Å²) in [6, 6.07) is 5.84. The fraction of sp³-hybridized carbons (Fsp3) is 0.0833. The number of aryl methyl sites for hydroxylation is 1. The summed E-state index contributed by atoms with van der Waals surface area (Å²) in [4.78, 5) is 12.3. The number of nitrogens with zero attached hydrogens (tertiary/aromatic N) is 4. The first-order chi connectivity index (χ1) is 8.24. The predicted molar refractivity (Wildman–Crippen MR) is 66.4 cm³/mol. The van der Waals surface area contributed by atoms with Crippen molar-refractivity contribution in [3.63, 3.8) is 0 Å². The van der Waals surface area contributed by atoms with Crippen molar-refractivity contribution >= 4 is 22.5 Å². The molecular weight excluding hydrogens is 236 g/mol. The second kappa shape index (κ2) is 3.82. The van der Waals surface area contributed by atoms with Crippen LogP contribution in [-0.4, -0.2) is 19.5 Å². The maximum atomic E-state index is 5.80. The number of aromatic nitrogens is 4. The first-order valence-electron chi connectivity index (χ1n) is 5.17. The van der Waals surface area contributed by atoms with E-state index >= 15 is 0 Å². The van der Waals surface area contributed by atoms with Crippen LogP contribution in [0.15, 0.2) is 36.8 Å². The third-order valence-electron chi connectivity index (χ3n) is 2.57. The molecule has 0 aromatic carbocycles. The van der Waals surface area contributed by atoms with Gasteiger partial charge in [0.05, 0.1) is 5.52 Å². The Hall–Kier alpha value is -1.94. The molecule has 0 saturated carbocycles. The smallest absolute Gasteiger partial charge is 0.224 e. The van der Waals surface area contributed by atoms with Crippen LogP contribution in [0.1, 0.15) is 5.69 Å². The Kier molecular flexibility index (Phi) is 2.30. The minimum Gasteiger partial charge on any atom is -0.301 e. The Morgan fingerprint density at radius 2 is 2.12 bits per heavy atom. The molecule has 0 N–H and O–H groups in total. The first kappa shape index (κ1) is 10.2. The Morgan fingerprint density at radius 1 is 1.24 bits per heavy atom. The van der Waals surface area contributed by atoms with Crippen molar-refractivity contribution in [2.75, 3.05) is 0 Å². The van der Waals surface area contributed by atoms with Gasteiger partial charge in [-0.15, -0.1) is 0 Å². The van der Waals surface area contributed by atoms with Gasteiger partial charge < -0.3 is 4.57 Å². The largest absolute Gasteiger partial charge is 0.301 e. The van der Waals surface area contributed by atoms with E-state index in [1.165, 1.54) is 0 Å². The van der Waals surface area contributed by atoms with Crippen molar-refractivity contribution in [1.29, 1.82) is 0 Å². The zero-order chi connectivity index (χ0) is 11.8. The molecule has 0 amide bonds. The molecule has 3 heterocycles. The zero-order valence-corrected chi connectivity index (χ0v) is 9.89. The number of hydrogen-bond acceptors (Lipinski definition) is 3. The Morgan fingerprint density at radius 3 is 2.94 bits per heavy atom. The molecule has 0 spiro atoms. The van der Waals surface area contributed by atoms with E-state index in [4.69, 9.17) is 11.6 Å². The molecule has 17 heavy (non-hydrogen) atoms. The standard InChI is InChI=1S/C12H9ClN4/c1-8-6-10-9(7-15-8)3-5-17(10)11-2-4-14-12(13)16-11/h2-7H,1H3. The molecule has 0 fully saturated rings. The lowest BCUT2D eigenvalue weighted by atomic mass is 10.3. The number of pyridine rings is 1. The fourth-order valence-corrected chi connectivity index (χ4v) is 1.93. The maximum absolute atomic E-state index is 5.80. The Bertz CT molecular complexity index is 690. The molecular formula is C12H9ClN4. The van der Waals surface area contributed by atoms with Gasteiger partial charge in [0.15, 0.2) is 0 Å². The second-order valence-electron chi connectivity index (χ2n) is 3.75. The SMILES string of the molecule is Cc1cc2c(ccn2-c2ccnc(Cl)n2)cn1. The van der Waals surface area contributed by atoms with Crippen LogP contribution in [0.3, 0.4) is 0 Å². The molecule has 5 heteroatoms. The quantitative estimate of drug-likeness (QED) is 0.618. The predicted octanol–water partition coefficient (Wildman–Crippen LogP) is 2.78. The summed E-state index contributed by atoms with van der Waals surface area (Å²) >= 11 is 5.80. The molecule has 3 rings (SSSR count). The highest BCUT2D eigenvalue weighted by molar-refractivity contribution is 6.28. The van der Waals surface area contributed by atoms with Crippen molar-refractivity contribution in [2.45, 2.75) is 6.92 Å². The van der Waals surface area contributed by atoms with Gasteiger partial charge in [-0.25, -0.2) is 4.98 Å². The molecule has 4 nitrogen and oxygen atoms in total. The normalized spacial score (nSPS) is 10.9. The van der Waals surface area contributed by atoms with E-state index < -0.39 is 0 Å². The minimum atomic E-state index is 0.245. The van der Waals surface area contributed by atoms with Crippen LogP contribution in [0, 0.1) is 6.92 Å². The van der Waals surface area contributed by atoms with Gasteiger partial charge in [0.25, 0.3) is 0 Å². The van der Waals surface area contributed by atoms with Gasteiger partial charge >= 0.3 is 0 Å². The summed E-state index contributed by atoms with van der Waals surface area (Å²) < 4.78 is 1.97. The fourth-order valence-electron chi connectivity index (χ4n) is 1.79. The van der Waals surface area contributed by atoms with Crippen LogP contribution in [0.5, 0.6) is 0 Å². The van der Waals surface area contributed by atoms with Crippen molar-refractivity contribution in [1.82, 2.24) is 19.5 Å². The lowest BCUT2D eigenvalue weighted by Gasteiger charge is -2.04. The van der Waals surface area contributed by atoms with Gasteiger partial charge in [0, 0.05) is 29.7 Å². The van der Waals surface area contributed by atoms with Crippen LogP contribution >= 0.6 is 11.6 Å².